The van der Waals surface area contributed by atoms with E-state index in [9.17, 15) is 0 Å². The van der Waals surface area contributed by atoms with Gasteiger partial charge in [-0.25, -0.2) is 0 Å². The molecule has 0 aliphatic carbocycles. The molecule has 0 spiro atoms. The lowest BCUT2D eigenvalue weighted by Crippen LogP contribution is -2.07. The van der Waals surface area contributed by atoms with Crippen molar-refractivity contribution in [2.45, 2.75) is 34.1 Å². The van der Waals surface area contributed by atoms with E-state index in [0.717, 1.165) is 12.1 Å². The summed E-state index contributed by atoms with van der Waals surface area (Å²) in [5.74, 6) is 0. The Hall–Kier alpha value is -1.37. The van der Waals surface area contributed by atoms with Gasteiger partial charge < -0.3 is 0 Å². The molecule has 0 atom stereocenters. The summed E-state index contributed by atoms with van der Waals surface area (Å²) >= 11 is 0. The molecule has 0 bridgehead atoms. The number of hydrogen-bond acceptors (Lipinski definition) is 1. The second kappa shape index (κ2) is 5.64. The highest BCUT2D eigenvalue weighted by atomic mass is 14.7. The van der Waals surface area contributed by atoms with E-state index >= 15 is 0 Å². The highest BCUT2D eigenvalue weighted by Gasteiger charge is 2.12. The van der Waals surface area contributed by atoms with Crippen LogP contribution in [0.2, 0.25) is 0 Å². The molecule has 1 aromatic rings. The molecular weight excluding hydrogens is 194 g/mol. The predicted octanol–water partition coefficient (Wildman–Crippen LogP) is 4.17. The Morgan fingerprint density at radius 2 is 2.06 bits per heavy atom. The monoisotopic (exact) mass is 215 g/mol. The van der Waals surface area contributed by atoms with E-state index in [-0.39, 0.29) is 5.41 Å². The summed E-state index contributed by atoms with van der Waals surface area (Å²) < 4.78 is 0. The van der Waals surface area contributed by atoms with Crippen molar-refractivity contribution >= 4 is 0 Å². The van der Waals surface area contributed by atoms with Crippen LogP contribution in [-0.4, -0.2) is 4.98 Å². The van der Waals surface area contributed by atoms with Crippen molar-refractivity contribution in [1.82, 2.24) is 4.98 Å². The first-order valence-electron chi connectivity index (χ1n) is 5.77. The predicted molar refractivity (Wildman–Crippen MR) is 70.3 cm³/mol. The van der Waals surface area contributed by atoms with Crippen molar-refractivity contribution < 1.29 is 0 Å². The van der Waals surface area contributed by atoms with Crippen LogP contribution in [0.4, 0.5) is 0 Å². The lowest BCUT2D eigenvalue weighted by molar-refractivity contribution is 0.516. The minimum absolute atomic E-state index is 0.218. The van der Waals surface area contributed by atoms with Gasteiger partial charge in [0.05, 0.1) is 0 Å². The van der Waals surface area contributed by atoms with Crippen molar-refractivity contribution in [3.05, 3.63) is 53.9 Å². The Kier molecular flexibility index (Phi) is 4.48. The summed E-state index contributed by atoms with van der Waals surface area (Å²) in [5, 5.41) is 0. The van der Waals surface area contributed by atoms with E-state index in [1.807, 2.05) is 18.3 Å². The van der Waals surface area contributed by atoms with Gasteiger partial charge in [0.2, 0.25) is 0 Å². The van der Waals surface area contributed by atoms with Gasteiger partial charge in [0.15, 0.2) is 0 Å². The van der Waals surface area contributed by atoms with Crippen LogP contribution in [0.25, 0.3) is 0 Å². The van der Waals surface area contributed by atoms with E-state index < -0.39 is 0 Å². The van der Waals surface area contributed by atoms with E-state index in [2.05, 4.69) is 57.0 Å². The van der Waals surface area contributed by atoms with Crippen LogP contribution < -0.4 is 0 Å². The summed E-state index contributed by atoms with van der Waals surface area (Å²) in [4.78, 5) is 4.29. The van der Waals surface area contributed by atoms with Crippen LogP contribution in [0.1, 0.15) is 33.4 Å². The molecule has 0 unspecified atom stereocenters. The molecule has 0 saturated heterocycles. The lowest BCUT2D eigenvalue weighted by atomic mass is 9.86. The van der Waals surface area contributed by atoms with Crippen LogP contribution in [0, 0.1) is 5.41 Å². The van der Waals surface area contributed by atoms with Crippen LogP contribution in [0.5, 0.6) is 0 Å². The molecule has 0 amide bonds. The molecule has 1 heteroatoms. The summed E-state index contributed by atoms with van der Waals surface area (Å²) in [5.41, 5.74) is 2.70. The Labute approximate surface area is 98.9 Å². The van der Waals surface area contributed by atoms with Gasteiger partial charge in [0, 0.05) is 18.3 Å². The molecule has 0 saturated carbocycles. The standard InChI is InChI=1S/C15H21N/c1-5-13(15(2,3)4)9-8-11-14-10-6-7-12-16-14/h5-10,12H,11H2,1-4H3. The van der Waals surface area contributed by atoms with Gasteiger partial charge in [-0.1, -0.05) is 45.1 Å². The van der Waals surface area contributed by atoms with Crippen molar-refractivity contribution in [2.75, 3.05) is 0 Å². The zero-order chi connectivity index (χ0) is 12.0. The smallest absolute Gasteiger partial charge is 0.0441 e. The summed E-state index contributed by atoms with van der Waals surface area (Å²) in [6.45, 7) is 8.78. The van der Waals surface area contributed by atoms with Crippen molar-refractivity contribution in [1.29, 1.82) is 0 Å². The number of rotatable bonds is 3. The summed E-state index contributed by atoms with van der Waals surface area (Å²) in [6, 6.07) is 6.02. The fourth-order valence-corrected chi connectivity index (χ4v) is 1.60. The Morgan fingerprint density at radius 3 is 2.56 bits per heavy atom. The molecule has 1 heterocycles. The molecule has 0 aliphatic heterocycles. The average Bonchev–Trinajstić information content (AvgIpc) is 2.24. The maximum absolute atomic E-state index is 4.29. The van der Waals surface area contributed by atoms with Crippen molar-refractivity contribution in [3.63, 3.8) is 0 Å². The lowest BCUT2D eigenvalue weighted by Gasteiger charge is -2.19. The van der Waals surface area contributed by atoms with Gasteiger partial charge in [-0.05, 0) is 30.0 Å². The van der Waals surface area contributed by atoms with Crippen molar-refractivity contribution in [2.24, 2.45) is 5.41 Å². The Morgan fingerprint density at radius 1 is 1.31 bits per heavy atom. The number of allylic oxidation sites excluding steroid dienone is 4. The first-order chi connectivity index (χ1) is 7.54. The summed E-state index contributed by atoms with van der Waals surface area (Å²) in [6.07, 6.45) is 9.30. The molecule has 1 rings (SSSR count). The van der Waals surface area contributed by atoms with Gasteiger partial charge in [0.25, 0.3) is 0 Å². The second-order valence-corrected chi connectivity index (χ2v) is 4.92. The molecule has 0 aromatic carbocycles. The number of nitrogens with zero attached hydrogens (tertiary/aromatic N) is 1. The number of pyridine rings is 1. The van der Waals surface area contributed by atoms with E-state index in [0.29, 0.717) is 0 Å². The average molecular weight is 215 g/mol. The highest BCUT2D eigenvalue weighted by Crippen LogP contribution is 2.25. The zero-order valence-electron chi connectivity index (χ0n) is 10.7. The Bertz CT molecular complexity index is 366. The number of hydrogen-bond donors (Lipinski definition) is 0. The van der Waals surface area contributed by atoms with Gasteiger partial charge in [-0.15, -0.1) is 0 Å². The maximum atomic E-state index is 4.29. The topological polar surface area (TPSA) is 12.9 Å². The van der Waals surface area contributed by atoms with Gasteiger partial charge in [-0.2, -0.15) is 0 Å². The molecule has 16 heavy (non-hydrogen) atoms. The SMILES string of the molecule is CC=C(C=CCc1ccccn1)C(C)(C)C. The van der Waals surface area contributed by atoms with Crippen LogP contribution >= 0.6 is 0 Å². The minimum atomic E-state index is 0.218. The molecular formula is C15H21N. The van der Waals surface area contributed by atoms with Crippen LogP contribution in [0.3, 0.4) is 0 Å². The fourth-order valence-electron chi connectivity index (χ4n) is 1.60. The maximum Gasteiger partial charge on any atom is 0.0441 e. The van der Waals surface area contributed by atoms with Gasteiger partial charge in [-0.3, -0.25) is 4.98 Å². The number of aromatic nitrogens is 1. The van der Waals surface area contributed by atoms with E-state index in [4.69, 9.17) is 0 Å². The molecule has 1 aromatic heterocycles. The first-order valence-corrected chi connectivity index (χ1v) is 5.77. The molecule has 0 N–H and O–H groups in total. The molecule has 0 aliphatic rings. The minimum Gasteiger partial charge on any atom is -0.261 e. The normalized spacial score (nSPS) is 13.4. The third-order valence-electron chi connectivity index (χ3n) is 2.53. The molecule has 0 fully saturated rings. The Balaban J connectivity index is 2.62. The molecule has 1 nitrogen and oxygen atoms in total. The highest BCUT2D eigenvalue weighted by molar-refractivity contribution is 5.25. The first kappa shape index (κ1) is 12.7. The molecule has 86 valence electrons. The third-order valence-corrected chi connectivity index (χ3v) is 2.53. The third kappa shape index (κ3) is 4.01. The van der Waals surface area contributed by atoms with E-state index in [1.165, 1.54) is 5.57 Å². The van der Waals surface area contributed by atoms with Gasteiger partial charge >= 0.3 is 0 Å². The summed E-state index contributed by atoms with van der Waals surface area (Å²) in [7, 11) is 0. The fraction of sp³-hybridized carbons (Fsp3) is 0.400. The largest absolute Gasteiger partial charge is 0.261 e. The quantitative estimate of drug-likeness (QED) is 0.689. The zero-order valence-corrected chi connectivity index (χ0v) is 10.7. The second-order valence-electron chi connectivity index (χ2n) is 4.92. The van der Waals surface area contributed by atoms with E-state index in [1.54, 1.807) is 0 Å². The van der Waals surface area contributed by atoms with Crippen molar-refractivity contribution in [3.8, 4) is 0 Å². The molecule has 0 radical (unpaired) electrons. The van der Waals surface area contributed by atoms with Crippen LogP contribution in [0.15, 0.2) is 48.2 Å². The van der Waals surface area contributed by atoms with Gasteiger partial charge in [0.1, 0.15) is 0 Å². The van der Waals surface area contributed by atoms with Crippen LogP contribution in [-0.2, 0) is 6.42 Å².